The lowest BCUT2D eigenvalue weighted by Gasteiger charge is -2.21. The second kappa shape index (κ2) is 15.8. The van der Waals surface area contributed by atoms with Crippen LogP contribution in [-0.4, -0.2) is 65.4 Å². The summed E-state index contributed by atoms with van der Waals surface area (Å²) in [7, 11) is 3.22. The van der Waals surface area contributed by atoms with Crippen molar-refractivity contribution in [2.45, 2.75) is 32.7 Å². The van der Waals surface area contributed by atoms with Gasteiger partial charge in [0.2, 0.25) is 0 Å². The number of amidine groups is 1. The molecule has 4 rings (SSSR count). The number of unbranched alkanes of at least 4 members (excludes halogenated alkanes) is 1. The Morgan fingerprint density at radius 1 is 1.04 bits per heavy atom. The number of nitrogens with one attached hydrogen (secondary N) is 1. The summed E-state index contributed by atoms with van der Waals surface area (Å²) in [6, 6.07) is 17.9. The molecule has 3 N–H and O–H groups in total. The van der Waals surface area contributed by atoms with Crippen LogP contribution in [0.5, 0.6) is 0 Å². The number of ether oxygens (including phenoxy) is 3. The Kier molecular flexibility index (Phi) is 11.4. The first-order valence-corrected chi connectivity index (χ1v) is 14.5. The Labute approximate surface area is 261 Å². The number of nitrogens with two attached hydrogens (primary N) is 1. The molecule has 0 saturated carbocycles. The van der Waals surface area contributed by atoms with Crippen LogP contribution >= 0.6 is 0 Å². The smallest absolute Gasteiger partial charge is 0.469 e. The van der Waals surface area contributed by atoms with Crippen LogP contribution in [0.15, 0.2) is 71.9 Å². The molecule has 45 heavy (non-hydrogen) atoms. The normalized spacial score (nSPS) is 11.2. The van der Waals surface area contributed by atoms with E-state index in [2.05, 4.69) is 15.3 Å². The quantitative estimate of drug-likeness (QED) is 0.0899. The lowest BCUT2D eigenvalue weighted by atomic mass is 10.1. The summed E-state index contributed by atoms with van der Waals surface area (Å²) < 4.78 is 16.5. The first kappa shape index (κ1) is 32.5. The molecule has 13 nitrogen and oxygen atoms in total. The SMILES string of the molecule is CCCCOC(=O)OC/N=C(/N)c1ccc(NCc2nc3cc(C(=O)N(CCC(=O)OC)c4ccccn4)ccc3n2C)cc1. The molecule has 0 spiro atoms. The molecule has 0 unspecified atom stereocenters. The maximum Gasteiger partial charge on any atom is 0.510 e. The number of aliphatic imine (C=N–C) groups is 1. The summed E-state index contributed by atoms with van der Waals surface area (Å²) in [5.74, 6) is 0.711. The second-order valence-corrected chi connectivity index (χ2v) is 9.96. The number of benzene rings is 2. The molecular weight excluding hydrogens is 578 g/mol. The molecule has 0 aliphatic carbocycles. The minimum atomic E-state index is -0.772. The van der Waals surface area contributed by atoms with Crippen molar-refractivity contribution in [1.82, 2.24) is 14.5 Å². The van der Waals surface area contributed by atoms with Gasteiger partial charge >= 0.3 is 12.1 Å². The third kappa shape index (κ3) is 8.78. The van der Waals surface area contributed by atoms with Gasteiger partial charge in [0.15, 0.2) is 6.73 Å². The predicted octanol–water partition coefficient (Wildman–Crippen LogP) is 4.41. The predicted molar refractivity (Wildman–Crippen MR) is 170 cm³/mol. The number of aromatic nitrogens is 3. The number of carbonyl (C=O) groups excluding carboxylic acids is 3. The first-order chi connectivity index (χ1) is 21.8. The molecule has 2 aromatic heterocycles. The van der Waals surface area contributed by atoms with E-state index in [9.17, 15) is 14.4 Å². The first-order valence-electron chi connectivity index (χ1n) is 14.5. The largest absolute Gasteiger partial charge is 0.510 e. The van der Waals surface area contributed by atoms with E-state index in [0.29, 0.717) is 35.6 Å². The molecule has 2 heterocycles. The average Bonchev–Trinajstić information content (AvgIpc) is 3.38. The molecule has 0 bridgehead atoms. The number of nitrogens with zero attached hydrogens (tertiary/aromatic N) is 5. The highest BCUT2D eigenvalue weighted by atomic mass is 16.7. The molecule has 0 aliphatic heterocycles. The van der Waals surface area contributed by atoms with E-state index >= 15 is 0 Å². The van der Waals surface area contributed by atoms with Crippen LogP contribution in [0.2, 0.25) is 0 Å². The zero-order chi connectivity index (χ0) is 32.2. The fourth-order valence-electron chi connectivity index (χ4n) is 4.36. The van der Waals surface area contributed by atoms with Gasteiger partial charge in [-0.2, -0.15) is 0 Å². The molecule has 0 atom stereocenters. The molecule has 236 valence electrons. The fourth-order valence-corrected chi connectivity index (χ4v) is 4.36. The lowest BCUT2D eigenvalue weighted by Crippen LogP contribution is -2.33. The highest BCUT2D eigenvalue weighted by Crippen LogP contribution is 2.21. The van der Waals surface area contributed by atoms with Crippen molar-refractivity contribution < 1.29 is 28.6 Å². The number of imidazole rings is 1. The van der Waals surface area contributed by atoms with Gasteiger partial charge < -0.3 is 29.8 Å². The van der Waals surface area contributed by atoms with Crippen LogP contribution in [0, 0.1) is 0 Å². The number of hydrogen-bond acceptors (Lipinski definition) is 10. The number of anilines is 2. The van der Waals surface area contributed by atoms with E-state index in [1.54, 1.807) is 48.7 Å². The molecule has 0 saturated heterocycles. The second-order valence-electron chi connectivity index (χ2n) is 9.96. The summed E-state index contributed by atoms with van der Waals surface area (Å²) in [5, 5.41) is 3.34. The van der Waals surface area contributed by atoms with Gasteiger partial charge in [-0.3, -0.25) is 14.5 Å². The van der Waals surface area contributed by atoms with E-state index in [1.807, 2.05) is 36.7 Å². The summed E-state index contributed by atoms with van der Waals surface area (Å²) in [6.45, 7) is 2.62. The van der Waals surface area contributed by atoms with Crippen molar-refractivity contribution in [2.75, 3.05) is 37.2 Å². The molecule has 13 heteroatoms. The lowest BCUT2D eigenvalue weighted by molar-refractivity contribution is -0.140. The van der Waals surface area contributed by atoms with Crippen molar-refractivity contribution in [3.05, 3.63) is 83.8 Å². The van der Waals surface area contributed by atoms with E-state index < -0.39 is 12.1 Å². The maximum absolute atomic E-state index is 13.5. The van der Waals surface area contributed by atoms with Crippen molar-refractivity contribution >= 4 is 46.4 Å². The van der Waals surface area contributed by atoms with Crippen molar-refractivity contribution in [1.29, 1.82) is 0 Å². The van der Waals surface area contributed by atoms with Crippen LogP contribution in [0.25, 0.3) is 11.0 Å². The zero-order valence-corrected chi connectivity index (χ0v) is 25.6. The van der Waals surface area contributed by atoms with E-state index in [1.165, 1.54) is 12.0 Å². The number of methoxy groups -OCH3 is 1. The van der Waals surface area contributed by atoms with Crippen molar-refractivity contribution in [3.8, 4) is 0 Å². The Morgan fingerprint density at radius 2 is 1.82 bits per heavy atom. The molecule has 0 fully saturated rings. The number of carbonyl (C=O) groups is 3. The number of rotatable bonds is 14. The number of aryl methyl sites for hydroxylation is 1. The molecular formula is C32H37N7O6. The van der Waals surface area contributed by atoms with Gasteiger partial charge in [0.05, 0.1) is 37.7 Å². The molecule has 4 aromatic rings. The van der Waals surface area contributed by atoms with Gasteiger partial charge in [-0.05, 0) is 61.0 Å². The van der Waals surface area contributed by atoms with E-state index in [0.717, 1.165) is 29.9 Å². The van der Waals surface area contributed by atoms with E-state index in [4.69, 9.17) is 24.9 Å². The summed E-state index contributed by atoms with van der Waals surface area (Å²) in [6.07, 6.45) is 2.54. The third-order valence-corrected chi connectivity index (χ3v) is 6.92. The van der Waals surface area contributed by atoms with Crippen LogP contribution in [0.4, 0.5) is 16.3 Å². The monoisotopic (exact) mass is 615 g/mol. The highest BCUT2D eigenvalue weighted by molar-refractivity contribution is 6.07. The Bertz CT molecular complexity index is 1640. The maximum atomic E-state index is 13.5. The minimum Gasteiger partial charge on any atom is -0.469 e. The average molecular weight is 616 g/mol. The minimum absolute atomic E-state index is 0.0326. The Balaban J connectivity index is 1.40. The molecule has 1 amide bonds. The van der Waals surface area contributed by atoms with Crippen molar-refractivity contribution in [2.24, 2.45) is 17.8 Å². The number of hydrogen-bond donors (Lipinski definition) is 2. The Morgan fingerprint density at radius 3 is 2.53 bits per heavy atom. The van der Waals surface area contributed by atoms with E-state index in [-0.39, 0.29) is 31.4 Å². The van der Waals surface area contributed by atoms with Crippen LogP contribution in [0.3, 0.4) is 0 Å². The summed E-state index contributed by atoms with van der Waals surface area (Å²) in [4.78, 5) is 51.5. The van der Waals surface area contributed by atoms with Gasteiger partial charge in [-0.1, -0.05) is 19.4 Å². The number of amides is 1. The van der Waals surface area contributed by atoms with Crippen molar-refractivity contribution in [3.63, 3.8) is 0 Å². The van der Waals surface area contributed by atoms with Gasteiger partial charge in [-0.25, -0.2) is 19.8 Å². The molecule has 2 aromatic carbocycles. The third-order valence-electron chi connectivity index (χ3n) is 6.92. The van der Waals surface area contributed by atoms with Crippen LogP contribution < -0.4 is 16.0 Å². The summed E-state index contributed by atoms with van der Waals surface area (Å²) >= 11 is 0. The molecule has 0 aliphatic rings. The van der Waals surface area contributed by atoms with Crippen LogP contribution in [-0.2, 0) is 32.6 Å². The van der Waals surface area contributed by atoms with Gasteiger partial charge in [0.1, 0.15) is 17.5 Å². The number of pyridine rings is 1. The zero-order valence-electron chi connectivity index (χ0n) is 25.6. The number of esters is 1. The van der Waals surface area contributed by atoms with Crippen LogP contribution in [0.1, 0.15) is 47.9 Å². The molecule has 0 radical (unpaired) electrons. The summed E-state index contributed by atoms with van der Waals surface area (Å²) in [5.41, 5.74) is 9.48. The van der Waals surface area contributed by atoms with Gasteiger partial charge in [0, 0.05) is 36.6 Å². The van der Waals surface area contributed by atoms with Gasteiger partial charge in [0.25, 0.3) is 5.91 Å². The van der Waals surface area contributed by atoms with Gasteiger partial charge in [-0.15, -0.1) is 0 Å². The number of fused-ring (bicyclic) bond motifs is 1. The fraction of sp³-hybridized carbons (Fsp3) is 0.312. The topological polar surface area (TPSA) is 163 Å². The standard InChI is InChI=1S/C32H37N7O6/c1-4-5-18-44-32(42)45-21-36-30(33)22-9-12-24(13-10-22)35-20-28-37-25-19-23(11-14-26(25)38(28)2)31(41)39(17-15-29(40)43-3)27-8-6-7-16-34-27/h6-14,16,19,35H,4-5,15,17-18,20-21H2,1-3H3,(H2,33,36). The Hall–Kier alpha value is -5.46. The highest BCUT2D eigenvalue weighted by Gasteiger charge is 2.21.